The molecule has 1 aliphatic rings. The average molecular weight is 386 g/mol. The van der Waals surface area contributed by atoms with Crippen molar-refractivity contribution < 1.29 is 9.18 Å². The highest BCUT2D eigenvalue weighted by Gasteiger charge is 2.41. The van der Waals surface area contributed by atoms with Gasteiger partial charge in [-0.1, -0.05) is 18.2 Å². The number of hydrogen-bond donors (Lipinski definition) is 0. The van der Waals surface area contributed by atoms with Gasteiger partial charge in [0.25, 0.3) is 5.91 Å². The number of nitriles is 1. The molecule has 3 aromatic rings. The number of benzene rings is 1. The number of carbonyl (C=O) groups excluding carboxylic acids is 1. The largest absolute Gasteiger partial charge is 0.337 e. The van der Waals surface area contributed by atoms with Gasteiger partial charge in [0, 0.05) is 37.2 Å². The van der Waals surface area contributed by atoms with E-state index in [9.17, 15) is 14.4 Å². The van der Waals surface area contributed by atoms with Crippen molar-refractivity contribution >= 4 is 5.91 Å². The standard InChI is InChI=1S/C23H19FN4O/c24-18-6-4-17(5-7-18)13-23(15-25)9-12-28(16-23)22(29)19-8-11-26-14-20(19)21-3-1-2-10-27-21/h1-8,10-11,14H,9,12-13,16H2/t23-/m1/s1. The monoisotopic (exact) mass is 386 g/mol. The molecular weight excluding hydrogens is 367 g/mol. The summed E-state index contributed by atoms with van der Waals surface area (Å²) in [6.45, 7) is 0.835. The summed E-state index contributed by atoms with van der Waals surface area (Å²) in [6.07, 6.45) is 5.97. The van der Waals surface area contributed by atoms with Crippen molar-refractivity contribution in [1.29, 1.82) is 5.26 Å². The van der Waals surface area contributed by atoms with Gasteiger partial charge in [-0.2, -0.15) is 5.26 Å². The number of hydrogen-bond acceptors (Lipinski definition) is 4. The summed E-state index contributed by atoms with van der Waals surface area (Å²) in [6, 6.07) is 15.8. The molecule has 144 valence electrons. The number of rotatable bonds is 4. The van der Waals surface area contributed by atoms with E-state index in [0.717, 1.165) is 5.56 Å². The van der Waals surface area contributed by atoms with E-state index in [4.69, 9.17) is 0 Å². The van der Waals surface area contributed by atoms with E-state index in [2.05, 4.69) is 16.0 Å². The van der Waals surface area contributed by atoms with Crippen molar-refractivity contribution in [1.82, 2.24) is 14.9 Å². The van der Waals surface area contributed by atoms with Crippen LogP contribution in [-0.4, -0.2) is 33.9 Å². The van der Waals surface area contributed by atoms with E-state index < -0.39 is 5.41 Å². The SMILES string of the molecule is N#C[C@]1(Cc2ccc(F)cc2)CCN(C(=O)c2ccncc2-c2ccccn2)C1. The van der Waals surface area contributed by atoms with Crippen LogP contribution in [-0.2, 0) is 6.42 Å². The van der Waals surface area contributed by atoms with Crippen LogP contribution in [0.5, 0.6) is 0 Å². The minimum Gasteiger partial charge on any atom is -0.337 e. The maximum atomic E-state index is 13.3. The fourth-order valence-corrected chi connectivity index (χ4v) is 3.79. The van der Waals surface area contributed by atoms with Gasteiger partial charge in [0.15, 0.2) is 0 Å². The van der Waals surface area contributed by atoms with E-state index in [1.807, 2.05) is 18.2 Å². The number of nitrogens with zero attached hydrogens (tertiary/aromatic N) is 4. The third-order valence-electron chi connectivity index (χ3n) is 5.33. The van der Waals surface area contributed by atoms with Crippen molar-refractivity contribution in [3.8, 4) is 17.3 Å². The highest BCUT2D eigenvalue weighted by atomic mass is 19.1. The summed E-state index contributed by atoms with van der Waals surface area (Å²) in [7, 11) is 0. The molecule has 1 amide bonds. The fraction of sp³-hybridized carbons (Fsp3) is 0.217. The smallest absolute Gasteiger partial charge is 0.254 e. The lowest BCUT2D eigenvalue weighted by Crippen LogP contribution is -2.33. The van der Waals surface area contributed by atoms with E-state index in [1.54, 1.807) is 41.7 Å². The minimum absolute atomic E-state index is 0.135. The van der Waals surface area contributed by atoms with Crippen LogP contribution in [0.25, 0.3) is 11.3 Å². The third kappa shape index (κ3) is 3.85. The Hall–Kier alpha value is -3.59. The predicted molar refractivity (Wildman–Crippen MR) is 106 cm³/mol. The van der Waals surface area contributed by atoms with Crippen LogP contribution >= 0.6 is 0 Å². The lowest BCUT2D eigenvalue weighted by atomic mass is 9.82. The molecule has 29 heavy (non-hydrogen) atoms. The zero-order chi connectivity index (χ0) is 20.3. The number of halogens is 1. The van der Waals surface area contributed by atoms with E-state index in [-0.39, 0.29) is 11.7 Å². The molecule has 3 heterocycles. The summed E-state index contributed by atoms with van der Waals surface area (Å²) < 4.78 is 13.2. The number of pyridine rings is 2. The average Bonchev–Trinajstić information content (AvgIpc) is 3.20. The van der Waals surface area contributed by atoms with Crippen LogP contribution < -0.4 is 0 Å². The molecule has 0 aliphatic carbocycles. The first kappa shape index (κ1) is 18.8. The van der Waals surface area contributed by atoms with Gasteiger partial charge in [-0.3, -0.25) is 14.8 Å². The van der Waals surface area contributed by atoms with E-state index in [1.165, 1.54) is 12.1 Å². The van der Waals surface area contributed by atoms with Gasteiger partial charge in [0.1, 0.15) is 5.82 Å². The van der Waals surface area contributed by atoms with Crippen molar-refractivity contribution in [2.45, 2.75) is 12.8 Å². The van der Waals surface area contributed by atoms with Crippen LogP contribution in [0.1, 0.15) is 22.3 Å². The molecule has 0 bridgehead atoms. The second-order valence-electron chi connectivity index (χ2n) is 7.31. The van der Waals surface area contributed by atoms with Crippen molar-refractivity contribution in [2.24, 2.45) is 5.41 Å². The molecule has 1 fully saturated rings. The molecule has 6 heteroatoms. The van der Waals surface area contributed by atoms with Crippen LogP contribution in [0.4, 0.5) is 4.39 Å². The van der Waals surface area contributed by atoms with Crippen LogP contribution in [0.3, 0.4) is 0 Å². The van der Waals surface area contributed by atoms with Crippen LogP contribution in [0.2, 0.25) is 0 Å². The van der Waals surface area contributed by atoms with E-state index >= 15 is 0 Å². The second-order valence-corrected chi connectivity index (χ2v) is 7.31. The number of carbonyl (C=O) groups is 1. The lowest BCUT2D eigenvalue weighted by molar-refractivity contribution is 0.0781. The molecule has 0 saturated carbocycles. The third-order valence-corrected chi connectivity index (χ3v) is 5.33. The molecule has 0 radical (unpaired) electrons. The molecule has 5 nitrogen and oxygen atoms in total. The van der Waals surface area contributed by atoms with Gasteiger partial charge in [-0.25, -0.2) is 4.39 Å². The summed E-state index contributed by atoms with van der Waals surface area (Å²) in [5.74, 6) is -0.438. The molecule has 1 aromatic carbocycles. The van der Waals surface area contributed by atoms with Gasteiger partial charge >= 0.3 is 0 Å². The molecule has 4 rings (SSSR count). The Bertz CT molecular complexity index is 1060. The Morgan fingerprint density at radius 2 is 2.00 bits per heavy atom. The Labute approximate surface area is 168 Å². The second kappa shape index (κ2) is 7.80. The first-order valence-corrected chi connectivity index (χ1v) is 9.41. The van der Waals surface area contributed by atoms with Crippen molar-refractivity contribution in [2.75, 3.05) is 13.1 Å². The summed E-state index contributed by atoms with van der Waals surface area (Å²) in [4.78, 5) is 23.4. The molecule has 1 atom stereocenters. The molecule has 1 aliphatic heterocycles. The number of amides is 1. The minimum atomic E-state index is -0.675. The van der Waals surface area contributed by atoms with Crippen LogP contribution in [0.15, 0.2) is 67.1 Å². The molecule has 1 saturated heterocycles. The molecule has 2 aromatic heterocycles. The van der Waals surface area contributed by atoms with Gasteiger partial charge in [-0.15, -0.1) is 0 Å². The Kier molecular flexibility index (Phi) is 5.05. The maximum Gasteiger partial charge on any atom is 0.254 e. The Morgan fingerprint density at radius 1 is 1.17 bits per heavy atom. The molecule has 0 N–H and O–H groups in total. The van der Waals surface area contributed by atoms with E-state index in [0.29, 0.717) is 42.8 Å². The first-order chi connectivity index (χ1) is 14.1. The summed E-state index contributed by atoms with van der Waals surface area (Å²) >= 11 is 0. The lowest BCUT2D eigenvalue weighted by Gasteiger charge is -2.23. The fourth-order valence-electron chi connectivity index (χ4n) is 3.79. The normalized spacial score (nSPS) is 18.4. The zero-order valence-electron chi connectivity index (χ0n) is 15.8. The quantitative estimate of drug-likeness (QED) is 0.682. The van der Waals surface area contributed by atoms with Crippen molar-refractivity contribution in [3.05, 3.63) is 84.1 Å². The maximum absolute atomic E-state index is 13.3. The molecular formula is C23H19FN4O. The Morgan fingerprint density at radius 3 is 2.72 bits per heavy atom. The van der Waals surface area contributed by atoms with Gasteiger partial charge in [-0.05, 0) is 48.7 Å². The zero-order valence-corrected chi connectivity index (χ0v) is 15.8. The first-order valence-electron chi connectivity index (χ1n) is 9.41. The van der Waals surface area contributed by atoms with Gasteiger partial charge in [0.2, 0.25) is 0 Å². The number of aromatic nitrogens is 2. The highest BCUT2D eigenvalue weighted by molar-refractivity contribution is 6.00. The van der Waals surface area contributed by atoms with Crippen molar-refractivity contribution in [3.63, 3.8) is 0 Å². The van der Waals surface area contributed by atoms with Crippen LogP contribution in [0, 0.1) is 22.6 Å². The number of likely N-dealkylation sites (tertiary alicyclic amines) is 1. The summed E-state index contributed by atoms with van der Waals surface area (Å²) in [5.41, 5.74) is 2.09. The van der Waals surface area contributed by atoms with Gasteiger partial charge in [0.05, 0.1) is 22.7 Å². The highest BCUT2D eigenvalue weighted by Crippen LogP contribution is 2.35. The summed E-state index contributed by atoms with van der Waals surface area (Å²) in [5, 5.41) is 9.85. The Balaban J connectivity index is 1.57. The predicted octanol–water partition coefficient (Wildman–Crippen LogP) is 3.88. The molecule has 0 unspecified atom stereocenters. The molecule has 0 spiro atoms. The topological polar surface area (TPSA) is 69.9 Å². The van der Waals surface area contributed by atoms with Gasteiger partial charge < -0.3 is 4.90 Å².